The first-order valence-electron chi connectivity index (χ1n) is 11.5. The highest BCUT2D eigenvalue weighted by atomic mass is 35.5. The van der Waals surface area contributed by atoms with Crippen LogP contribution in [0.4, 0.5) is 5.69 Å². The van der Waals surface area contributed by atoms with Crippen molar-refractivity contribution in [3.8, 4) is 0 Å². The molecule has 0 radical (unpaired) electrons. The lowest BCUT2D eigenvalue weighted by Crippen LogP contribution is -2.50. The fourth-order valence-corrected chi connectivity index (χ4v) is 5.62. The van der Waals surface area contributed by atoms with Gasteiger partial charge < -0.3 is 10.2 Å². The molecule has 9 heteroatoms. The Balaban J connectivity index is 2.07. The summed E-state index contributed by atoms with van der Waals surface area (Å²) in [5.41, 5.74) is 2.75. The van der Waals surface area contributed by atoms with Gasteiger partial charge in [0.05, 0.1) is 10.6 Å². The standard InChI is InChI=1S/C27H30ClN3O4S/c1-19-10-8-9-11-22(19)17-30(21(3)27(33)29-4)26(32)18-31(25-15-14-23(28)16-20(25)2)36(34,35)24-12-6-5-7-13-24/h5-16,21H,17-18H2,1-4H3,(H,29,33)/t21-/m1/s1. The molecule has 0 aliphatic rings. The molecule has 3 aromatic carbocycles. The lowest BCUT2D eigenvalue weighted by molar-refractivity contribution is -0.139. The molecule has 36 heavy (non-hydrogen) atoms. The van der Waals surface area contributed by atoms with Crippen LogP contribution >= 0.6 is 11.6 Å². The molecule has 3 aromatic rings. The molecule has 0 spiro atoms. The summed E-state index contributed by atoms with van der Waals surface area (Å²) in [6.07, 6.45) is 0. The SMILES string of the molecule is CNC(=O)[C@@H](C)N(Cc1ccccc1C)C(=O)CN(c1ccc(Cl)cc1C)S(=O)(=O)c1ccccc1. The first-order valence-corrected chi connectivity index (χ1v) is 13.3. The Kier molecular flexibility index (Phi) is 8.76. The quantitative estimate of drug-likeness (QED) is 0.449. The van der Waals surface area contributed by atoms with E-state index in [-0.39, 0.29) is 17.3 Å². The Morgan fingerprint density at radius 1 is 0.944 bits per heavy atom. The summed E-state index contributed by atoms with van der Waals surface area (Å²) in [6.45, 7) is 4.94. The number of carbonyl (C=O) groups excluding carboxylic acids is 2. The van der Waals surface area contributed by atoms with Crippen molar-refractivity contribution in [3.05, 3.63) is 94.5 Å². The zero-order valence-electron chi connectivity index (χ0n) is 20.7. The van der Waals surface area contributed by atoms with Crippen molar-refractivity contribution in [2.45, 2.75) is 38.3 Å². The number of halogens is 1. The van der Waals surface area contributed by atoms with Gasteiger partial charge in [0.2, 0.25) is 11.8 Å². The number of likely N-dealkylation sites (N-methyl/N-ethyl adjacent to an activating group) is 1. The number of benzene rings is 3. The van der Waals surface area contributed by atoms with Gasteiger partial charge in [-0.15, -0.1) is 0 Å². The Bertz CT molecular complexity index is 1350. The van der Waals surface area contributed by atoms with E-state index in [1.54, 1.807) is 50.2 Å². The predicted molar refractivity (Wildman–Crippen MR) is 142 cm³/mol. The number of hydrogen-bond donors (Lipinski definition) is 1. The third kappa shape index (κ3) is 6.06. The van der Waals surface area contributed by atoms with Gasteiger partial charge in [-0.2, -0.15) is 0 Å². The van der Waals surface area contributed by atoms with Crippen molar-refractivity contribution in [3.63, 3.8) is 0 Å². The monoisotopic (exact) mass is 527 g/mol. The maximum atomic E-state index is 13.8. The first-order chi connectivity index (χ1) is 17.1. The fourth-order valence-electron chi connectivity index (χ4n) is 3.89. The smallest absolute Gasteiger partial charge is 0.264 e. The molecule has 0 aliphatic heterocycles. The van der Waals surface area contributed by atoms with Gasteiger partial charge in [-0.25, -0.2) is 8.42 Å². The average Bonchev–Trinajstić information content (AvgIpc) is 2.86. The minimum atomic E-state index is -4.11. The Morgan fingerprint density at radius 3 is 2.19 bits per heavy atom. The number of nitrogens with zero attached hydrogens (tertiary/aromatic N) is 2. The van der Waals surface area contributed by atoms with Crippen LogP contribution in [0.2, 0.25) is 5.02 Å². The van der Waals surface area contributed by atoms with Crippen LogP contribution in [0.15, 0.2) is 77.7 Å². The highest BCUT2D eigenvalue weighted by Gasteiger charge is 2.33. The van der Waals surface area contributed by atoms with Crippen LogP contribution in [-0.4, -0.2) is 44.8 Å². The lowest BCUT2D eigenvalue weighted by Gasteiger charge is -2.32. The normalized spacial score (nSPS) is 12.0. The summed E-state index contributed by atoms with van der Waals surface area (Å²) >= 11 is 6.12. The van der Waals surface area contributed by atoms with Crippen LogP contribution in [0.1, 0.15) is 23.6 Å². The predicted octanol–water partition coefficient (Wildman–Crippen LogP) is 4.32. The zero-order valence-corrected chi connectivity index (χ0v) is 22.3. The van der Waals surface area contributed by atoms with Crippen LogP contribution in [0.25, 0.3) is 0 Å². The molecule has 0 aliphatic carbocycles. The van der Waals surface area contributed by atoms with Crippen LogP contribution in [0.5, 0.6) is 0 Å². The third-order valence-electron chi connectivity index (χ3n) is 6.05. The largest absolute Gasteiger partial charge is 0.357 e. The molecular weight excluding hydrogens is 498 g/mol. The van der Waals surface area contributed by atoms with Gasteiger partial charge in [0.25, 0.3) is 10.0 Å². The van der Waals surface area contributed by atoms with Crippen molar-refractivity contribution in [2.24, 2.45) is 0 Å². The molecular formula is C27H30ClN3O4S. The number of carbonyl (C=O) groups is 2. The molecule has 0 bridgehead atoms. The van der Waals surface area contributed by atoms with E-state index in [1.807, 2.05) is 31.2 Å². The van der Waals surface area contributed by atoms with Crippen molar-refractivity contribution in [1.82, 2.24) is 10.2 Å². The van der Waals surface area contributed by atoms with E-state index in [2.05, 4.69) is 5.32 Å². The molecule has 190 valence electrons. The van der Waals surface area contributed by atoms with Gasteiger partial charge in [-0.1, -0.05) is 54.1 Å². The van der Waals surface area contributed by atoms with E-state index in [0.717, 1.165) is 15.4 Å². The third-order valence-corrected chi connectivity index (χ3v) is 8.06. The first kappa shape index (κ1) is 27.2. The number of hydrogen-bond acceptors (Lipinski definition) is 4. The van der Waals surface area contributed by atoms with E-state index in [9.17, 15) is 18.0 Å². The number of anilines is 1. The second-order valence-electron chi connectivity index (χ2n) is 8.49. The molecule has 0 unspecified atom stereocenters. The molecule has 7 nitrogen and oxygen atoms in total. The molecule has 0 saturated carbocycles. The molecule has 2 amide bonds. The summed E-state index contributed by atoms with van der Waals surface area (Å²) in [5, 5.41) is 3.03. The highest BCUT2D eigenvalue weighted by Crippen LogP contribution is 2.29. The Labute approximate surface area is 217 Å². The van der Waals surface area contributed by atoms with Crippen LogP contribution in [-0.2, 0) is 26.2 Å². The molecule has 0 fully saturated rings. The van der Waals surface area contributed by atoms with Crippen LogP contribution < -0.4 is 9.62 Å². The minimum absolute atomic E-state index is 0.0527. The van der Waals surface area contributed by atoms with Gasteiger partial charge in [0.1, 0.15) is 12.6 Å². The number of nitrogens with one attached hydrogen (secondary N) is 1. The second kappa shape index (κ2) is 11.6. The lowest BCUT2D eigenvalue weighted by atomic mass is 10.1. The summed E-state index contributed by atoms with van der Waals surface area (Å²) < 4.78 is 28.6. The number of sulfonamides is 1. The van der Waals surface area contributed by atoms with Crippen molar-refractivity contribution < 1.29 is 18.0 Å². The van der Waals surface area contributed by atoms with E-state index < -0.39 is 28.5 Å². The van der Waals surface area contributed by atoms with Gasteiger partial charge in [0, 0.05) is 18.6 Å². The summed E-state index contributed by atoms with van der Waals surface area (Å²) in [6, 6.07) is 19.5. The zero-order chi connectivity index (χ0) is 26.5. The topological polar surface area (TPSA) is 86.8 Å². The molecule has 0 heterocycles. The van der Waals surface area contributed by atoms with E-state index >= 15 is 0 Å². The van der Waals surface area contributed by atoms with Crippen molar-refractivity contribution >= 4 is 39.1 Å². The molecule has 3 rings (SSSR count). The maximum absolute atomic E-state index is 13.8. The van der Waals surface area contributed by atoms with E-state index in [1.165, 1.54) is 24.1 Å². The molecule has 0 aromatic heterocycles. The van der Waals surface area contributed by atoms with Gasteiger partial charge >= 0.3 is 0 Å². The summed E-state index contributed by atoms with van der Waals surface area (Å²) in [7, 11) is -2.61. The number of amides is 2. The van der Waals surface area contributed by atoms with Gasteiger partial charge in [0.15, 0.2) is 0 Å². The summed E-state index contributed by atoms with van der Waals surface area (Å²) in [4.78, 5) is 27.8. The Morgan fingerprint density at radius 2 is 1.58 bits per heavy atom. The highest BCUT2D eigenvalue weighted by molar-refractivity contribution is 7.92. The number of aryl methyl sites for hydroxylation is 2. The summed E-state index contributed by atoms with van der Waals surface area (Å²) in [5.74, 6) is -0.861. The minimum Gasteiger partial charge on any atom is -0.357 e. The fraction of sp³-hybridized carbons (Fsp3) is 0.259. The van der Waals surface area contributed by atoms with Crippen molar-refractivity contribution in [1.29, 1.82) is 0 Å². The maximum Gasteiger partial charge on any atom is 0.264 e. The Hall–Kier alpha value is -3.36. The molecule has 1 N–H and O–H groups in total. The van der Waals surface area contributed by atoms with E-state index in [4.69, 9.17) is 11.6 Å². The number of rotatable bonds is 9. The van der Waals surface area contributed by atoms with Gasteiger partial charge in [-0.05, 0) is 67.8 Å². The molecule has 1 atom stereocenters. The van der Waals surface area contributed by atoms with E-state index in [0.29, 0.717) is 16.3 Å². The molecule has 0 saturated heterocycles. The van der Waals surface area contributed by atoms with Crippen LogP contribution in [0.3, 0.4) is 0 Å². The van der Waals surface area contributed by atoms with Gasteiger partial charge in [-0.3, -0.25) is 13.9 Å². The van der Waals surface area contributed by atoms with Crippen molar-refractivity contribution in [2.75, 3.05) is 17.9 Å². The second-order valence-corrected chi connectivity index (χ2v) is 10.8. The van der Waals surface area contributed by atoms with Crippen LogP contribution in [0, 0.1) is 13.8 Å². The average molecular weight is 528 g/mol.